The lowest BCUT2D eigenvalue weighted by Crippen LogP contribution is -2.10. The van der Waals surface area contributed by atoms with Gasteiger partial charge in [-0.1, -0.05) is 37.3 Å². The van der Waals surface area contributed by atoms with E-state index in [0.717, 1.165) is 25.0 Å². The van der Waals surface area contributed by atoms with Gasteiger partial charge in [-0.15, -0.1) is 0 Å². The van der Waals surface area contributed by atoms with Crippen LogP contribution in [-0.4, -0.2) is 4.57 Å². The molecule has 1 aromatic heterocycles. The van der Waals surface area contributed by atoms with Crippen LogP contribution in [0.2, 0.25) is 0 Å². The summed E-state index contributed by atoms with van der Waals surface area (Å²) in [6, 6.07) is 17.2. The van der Waals surface area contributed by atoms with Crippen molar-refractivity contribution in [3.8, 4) is 6.07 Å². The topological polar surface area (TPSA) is 28.7 Å². The van der Waals surface area contributed by atoms with E-state index >= 15 is 0 Å². The summed E-state index contributed by atoms with van der Waals surface area (Å²) in [7, 11) is 0. The number of rotatable bonds is 5. The van der Waals surface area contributed by atoms with Crippen LogP contribution in [0.4, 0.5) is 0 Å². The van der Waals surface area contributed by atoms with E-state index in [1.165, 1.54) is 11.3 Å². The third-order valence-electron chi connectivity index (χ3n) is 3.66. The van der Waals surface area contributed by atoms with Gasteiger partial charge in [-0.3, -0.25) is 0 Å². The molecule has 19 heavy (non-hydrogen) atoms. The first-order valence-electron chi connectivity index (χ1n) is 6.90. The maximum Gasteiger partial charge on any atom is 0.120 e. The highest BCUT2D eigenvalue weighted by Gasteiger charge is 2.12. The van der Waals surface area contributed by atoms with E-state index in [9.17, 15) is 5.26 Å². The minimum Gasteiger partial charge on any atom is -0.334 e. The minimum absolute atomic E-state index is 0.385. The summed E-state index contributed by atoms with van der Waals surface area (Å²) >= 11 is 0. The van der Waals surface area contributed by atoms with Crippen molar-refractivity contribution >= 4 is 0 Å². The average Bonchev–Trinajstić information content (AvgIpc) is 2.88. The Morgan fingerprint density at radius 3 is 2.47 bits per heavy atom. The van der Waals surface area contributed by atoms with Crippen molar-refractivity contribution in [1.29, 1.82) is 5.26 Å². The lowest BCUT2D eigenvalue weighted by Gasteiger charge is -2.17. The Hall–Kier alpha value is -2.01. The SMILES string of the molecule is CC[C@H](C)n1c(C#N)ccc1CCc1ccccc1. The van der Waals surface area contributed by atoms with Gasteiger partial charge in [0.1, 0.15) is 11.8 Å². The molecule has 2 aromatic rings. The summed E-state index contributed by atoms with van der Waals surface area (Å²) in [6.07, 6.45) is 3.05. The molecule has 0 bridgehead atoms. The van der Waals surface area contributed by atoms with Crippen molar-refractivity contribution in [2.24, 2.45) is 0 Å². The minimum atomic E-state index is 0.385. The third-order valence-corrected chi connectivity index (χ3v) is 3.66. The number of aromatic nitrogens is 1. The molecule has 0 saturated carbocycles. The highest BCUT2D eigenvalue weighted by molar-refractivity contribution is 5.29. The lowest BCUT2D eigenvalue weighted by molar-refractivity contribution is 0.509. The average molecular weight is 252 g/mol. The van der Waals surface area contributed by atoms with Crippen LogP contribution >= 0.6 is 0 Å². The Labute approximate surface area is 115 Å². The van der Waals surface area contributed by atoms with Crippen LogP contribution < -0.4 is 0 Å². The molecule has 0 aliphatic heterocycles. The summed E-state index contributed by atoms with van der Waals surface area (Å²) in [5, 5.41) is 9.19. The first-order chi connectivity index (χ1) is 9.26. The van der Waals surface area contributed by atoms with E-state index in [0.29, 0.717) is 6.04 Å². The van der Waals surface area contributed by atoms with Crippen molar-refractivity contribution in [2.75, 3.05) is 0 Å². The van der Waals surface area contributed by atoms with Gasteiger partial charge in [0.25, 0.3) is 0 Å². The van der Waals surface area contributed by atoms with Crippen LogP contribution in [0.25, 0.3) is 0 Å². The van der Waals surface area contributed by atoms with Crippen LogP contribution in [0.1, 0.15) is 43.3 Å². The molecule has 98 valence electrons. The van der Waals surface area contributed by atoms with Crippen molar-refractivity contribution in [3.63, 3.8) is 0 Å². The third kappa shape index (κ3) is 3.06. The molecule has 1 aromatic carbocycles. The standard InChI is InChI=1S/C17H20N2/c1-3-14(2)19-16(11-12-17(19)13-18)10-9-15-7-5-4-6-8-15/h4-8,11-12,14H,3,9-10H2,1-2H3/t14-/m0/s1. The molecular weight excluding hydrogens is 232 g/mol. The van der Waals surface area contributed by atoms with E-state index < -0.39 is 0 Å². The second-order valence-corrected chi connectivity index (χ2v) is 4.93. The number of benzene rings is 1. The smallest absolute Gasteiger partial charge is 0.120 e. The van der Waals surface area contributed by atoms with E-state index in [1.807, 2.05) is 12.1 Å². The van der Waals surface area contributed by atoms with Gasteiger partial charge in [-0.05, 0) is 43.9 Å². The summed E-state index contributed by atoms with van der Waals surface area (Å²) in [5.74, 6) is 0. The summed E-state index contributed by atoms with van der Waals surface area (Å²) in [4.78, 5) is 0. The second kappa shape index (κ2) is 6.24. The molecule has 0 radical (unpaired) electrons. The van der Waals surface area contributed by atoms with Crippen molar-refractivity contribution in [1.82, 2.24) is 4.57 Å². The van der Waals surface area contributed by atoms with Crippen LogP contribution in [-0.2, 0) is 12.8 Å². The monoisotopic (exact) mass is 252 g/mol. The molecule has 0 aliphatic carbocycles. The summed E-state index contributed by atoms with van der Waals surface area (Å²) in [5.41, 5.74) is 3.38. The van der Waals surface area contributed by atoms with E-state index in [-0.39, 0.29) is 0 Å². The fourth-order valence-electron chi connectivity index (χ4n) is 2.41. The fraction of sp³-hybridized carbons (Fsp3) is 0.353. The largest absolute Gasteiger partial charge is 0.334 e. The summed E-state index contributed by atoms with van der Waals surface area (Å²) < 4.78 is 2.18. The number of hydrogen-bond acceptors (Lipinski definition) is 1. The molecule has 0 amide bonds. The predicted molar refractivity (Wildman–Crippen MR) is 78.0 cm³/mol. The zero-order valence-corrected chi connectivity index (χ0v) is 11.6. The first kappa shape index (κ1) is 13.4. The molecule has 2 heteroatoms. The molecular formula is C17H20N2. The predicted octanol–water partition coefficient (Wildman–Crippen LogP) is 4.12. The van der Waals surface area contributed by atoms with Gasteiger partial charge in [0, 0.05) is 11.7 Å². The number of aryl methyl sites for hydroxylation is 2. The zero-order valence-electron chi connectivity index (χ0n) is 11.6. The Bertz CT molecular complexity index is 561. The quantitative estimate of drug-likeness (QED) is 0.787. The maximum absolute atomic E-state index is 9.19. The van der Waals surface area contributed by atoms with E-state index in [2.05, 4.69) is 54.8 Å². The Morgan fingerprint density at radius 1 is 1.11 bits per heavy atom. The number of nitrogens with zero attached hydrogens (tertiary/aromatic N) is 2. The van der Waals surface area contributed by atoms with E-state index in [1.54, 1.807) is 0 Å². The molecule has 1 atom stereocenters. The lowest BCUT2D eigenvalue weighted by atomic mass is 10.1. The molecule has 0 spiro atoms. The first-order valence-corrected chi connectivity index (χ1v) is 6.90. The normalized spacial score (nSPS) is 12.1. The molecule has 0 fully saturated rings. The van der Waals surface area contributed by atoms with Crippen LogP contribution in [0.3, 0.4) is 0 Å². The highest BCUT2D eigenvalue weighted by atomic mass is 15.0. The maximum atomic E-state index is 9.19. The van der Waals surface area contributed by atoms with E-state index in [4.69, 9.17) is 0 Å². The van der Waals surface area contributed by atoms with Crippen LogP contribution in [0.15, 0.2) is 42.5 Å². The van der Waals surface area contributed by atoms with Crippen LogP contribution in [0.5, 0.6) is 0 Å². The summed E-state index contributed by atoms with van der Waals surface area (Å²) in [6.45, 7) is 4.33. The van der Waals surface area contributed by atoms with Gasteiger partial charge in [0.05, 0.1) is 0 Å². The number of hydrogen-bond donors (Lipinski definition) is 0. The van der Waals surface area contributed by atoms with Gasteiger partial charge >= 0.3 is 0 Å². The van der Waals surface area contributed by atoms with Gasteiger partial charge < -0.3 is 4.57 Å². The molecule has 0 aliphatic rings. The number of nitriles is 1. The van der Waals surface area contributed by atoms with Gasteiger partial charge in [-0.25, -0.2) is 0 Å². The second-order valence-electron chi connectivity index (χ2n) is 4.93. The molecule has 2 rings (SSSR count). The molecule has 0 N–H and O–H groups in total. The van der Waals surface area contributed by atoms with Crippen molar-refractivity contribution < 1.29 is 0 Å². The molecule has 0 saturated heterocycles. The van der Waals surface area contributed by atoms with Gasteiger partial charge in [-0.2, -0.15) is 5.26 Å². The van der Waals surface area contributed by atoms with Gasteiger partial charge in [0.2, 0.25) is 0 Å². The molecule has 1 heterocycles. The Morgan fingerprint density at radius 2 is 1.84 bits per heavy atom. The van der Waals surface area contributed by atoms with Crippen LogP contribution in [0, 0.1) is 11.3 Å². The highest BCUT2D eigenvalue weighted by Crippen LogP contribution is 2.20. The Balaban J connectivity index is 2.17. The van der Waals surface area contributed by atoms with Gasteiger partial charge in [0.15, 0.2) is 0 Å². The molecule has 0 unspecified atom stereocenters. The molecule has 2 nitrogen and oxygen atoms in total. The zero-order chi connectivity index (χ0) is 13.7. The van der Waals surface area contributed by atoms with Crippen molar-refractivity contribution in [2.45, 2.75) is 39.2 Å². The van der Waals surface area contributed by atoms with Crippen molar-refractivity contribution in [3.05, 3.63) is 59.4 Å². The Kier molecular flexibility index (Phi) is 4.41. The fourth-order valence-corrected chi connectivity index (χ4v) is 2.41.